The van der Waals surface area contributed by atoms with Gasteiger partial charge in [0.2, 0.25) is 0 Å². The number of aromatic nitrogens is 2. The Hall–Kier alpha value is -2.86. The maximum atomic E-state index is 13.1. The van der Waals surface area contributed by atoms with Gasteiger partial charge in [-0.1, -0.05) is 24.3 Å². The molecule has 1 atom stereocenters. The second-order valence-corrected chi connectivity index (χ2v) is 7.97. The largest absolute Gasteiger partial charge is 0.483 e. The summed E-state index contributed by atoms with van der Waals surface area (Å²) in [5.74, 6) is 1.70. The number of carbonyl (C=O) groups excluding carboxylic acids is 1. The Kier molecular flexibility index (Phi) is 4.32. The number of aliphatic hydroxyl groups excluding tert-OH is 1. The third kappa shape index (κ3) is 2.82. The lowest BCUT2D eigenvalue weighted by Gasteiger charge is -2.33. The van der Waals surface area contributed by atoms with Crippen molar-refractivity contribution in [1.29, 1.82) is 0 Å². The van der Waals surface area contributed by atoms with Crippen LogP contribution in [0.3, 0.4) is 0 Å². The fourth-order valence-corrected chi connectivity index (χ4v) is 4.39. The van der Waals surface area contributed by atoms with Gasteiger partial charge in [0.1, 0.15) is 17.4 Å². The van der Waals surface area contributed by atoms with Crippen LogP contribution in [0.1, 0.15) is 51.8 Å². The fourth-order valence-electron chi connectivity index (χ4n) is 4.39. The molecule has 1 amide bonds. The number of amides is 1. The minimum atomic E-state index is -0.161. The lowest BCUT2D eigenvalue weighted by Crippen LogP contribution is -2.42. The van der Waals surface area contributed by atoms with E-state index in [1.54, 1.807) is 0 Å². The number of aryl methyl sites for hydroxylation is 2. The standard InChI is InChI=1S/C23H25N3O3/c1-14-24-21-19(25(14)2)12-18(23(28)26-10-5-11-26)17-8-9-20(29-22(17)21)16-7-4-3-6-15(16)13-27/h3-4,6-7,12,20,27H,5,8-11,13H2,1-2H3/t20-/m0/s1. The average molecular weight is 391 g/mol. The van der Waals surface area contributed by atoms with Crippen molar-refractivity contribution < 1.29 is 14.6 Å². The molecule has 0 radical (unpaired) electrons. The van der Waals surface area contributed by atoms with E-state index < -0.39 is 0 Å². The second-order valence-electron chi connectivity index (χ2n) is 7.97. The maximum Gasteiger partial charge on any atom is 0.254 e. The monoisotopic (exact) mass is 391 g/mol. The molecule has 1 saturated heterocycles. The van der Waals surface area contributed by atoms with Crippen LogP contribution in [0.4, 0.5) is 0 Å². The van der Waals surface area contributed by atoms with E-state index in [9.17, 15) is 9.90 Å². The number of benzene rings is 2. The molecular weight excluding hydrogens is 366 g/mol. The minimum absolute atomic E-state index is 0.0194. The van der Waals surface area contributed by atoms with Crippen molar-refractivity contribution in [3.8, 4) is 5.75 Å². The van der Waals surface area contributed by atoms with E-state index >= 15 is 0 Å². The van der Waals surface area contributed by atoms with Crippen LogP contribution < -0.4 is 4.74 Å². The van der Waals surface area contributed by atoms with Crippen molar-refractivity contribution in [2.75, 3.05) is 13.1 Å². The van der Waals surface area contributed by atoms with Crippen molar-refractivity contribution in [2.24, 2.45) is 7.05 Å². The number of hydrogen-bond acceptors (Lipinski definition) is 4. The zero-order valence-electron chi connectivity index (χ0n) is 16.8. The number of likely N-dealkylation sites (tertiary alicyclic amines) is 1. The van der Waals surface area contributed by atoms with Gasteiger partial charge in [0.15, 0.2) is 5.75 Å². The number of aliphatic hydroxyl groups is 1. The molecule has 2 aliphatic heterocycles. The Bertz CT molecular complexity index is 1110. The summed E-state index contributed by atoms with van der Waals surface area (Å²) in [7, 11) is 1.97. The van der Waals surface area contributed by atoms with Crippen LogP contribution in [0.2, 0.25) is 0 Å². The maximum absolute atomic E-state index is 13.1. The zero-order valence-corrected chi connectivity index (χ0v) is 16.8. The summed E-state index contributed by atoms with van der Waals surface area (Å²) < 4.78 is 8.52. The van der Waals surface area contributed by atoms with Crippen LogP contribution in [0.5, 0.6) is 5.75 Å². The van der Waals surface area contributed by atoms with Gasteiger partial charge in [0.05, 0.1) is 12.1 Å². The highest BCUT2D eigenvalue weighted by molar-refractivity contribution is 6.02. The molecule has 0 bridgehead atoms. The molecule has 0 saturated carbocycles. The van der Waals surface area contributed by atoms with Crippen LogP contribution >= 0.6 is 0 Å². The van der Waals surface area contributed by atoms with E-state index in [2.05, 4.69) is 0 Å². The third-order valence-corrected chi connectivity index (χ3v) is 6.32. The third-order valence-electron chi connectivity index (χ3n) is 6.32. The molecule has 1 aromatic heterocycles. The van der Waals surface area contributed by atoms with Gasteiger partial charge in [-0.25, -0.2) is 4.98 Å². The summed E-state index contributed by atoms with van der Waals surface area (Å²) in [5, 5.41) is 9.75. The van der Waals surface area contributed by atoms with Crippen molar-refractivity contribution >= 4 is 16.9 Å². The molecule has 3 aromatic rings. The van der Waals surface area contributed by atoms with Crippen molar-refractivity contribution in [1.82, 2.24) is 14.5 Å². The van der Waals surface area contributed by atoms with Gasteiger partial charge in [0.25, 0.3) is 5.91 Å². The molecule has 1 fully saturated rings. The molecule has 3 heterocycles. The first kappa shape index (κ1) is 18.2. The number of fused-ring (bicyclic) bond motifs is 3. The lowest BCUT2D eigenvalue weighted by atomic mass is 9.91. The van der Waals surface area contributed by atoms with Gasteiger partial charge in [-0.3, -0.25) is 4.79 Å². The topological polar surface area (TPSA) is 67.6 Å². The van der Waals surface area contributed by atoms with Gasteiger partial charge >= 0.3 is 0 Å². The summed E-state index contributed by atoms with van der Waals surface area (Å²) in [5.41, 5.74) is 5.31. The van der Waals surface area contributed by atoms with Gasteiger partial charge in [-0.2, -0.15) is 0 Å². The zero-order chi connectivity index (χ0) is 20.1. The quantitative estimate of drug-likeness (QED) is 0.744. The van der Waals surface area contributed by atoms with Gasteiger partial charge in [-0.05, 0) is 43.4 Å². The lowest BCUT2D eigenvalue weighted by molar-refractivity contribution is 0.0648. The summed E-state index contributed by atoms with van der Waals surface area (Å²) in [6.45, 7) is 3.59. The molecule has 0 aliphatic carbocycles. The van der Waals surface area contributed by atoms with Crippen LogP contribution in [0.15, 0.2) is 30.3 Å². The molecular formula is C23H25N3O3. The summed E-state index contributed by atoms with van der Waals surface area (Å²) >= 11 is 0. The molecule has 0 spiro atoms. The molecule has 6 nitrogen and oxygen atoms in total. The summed E-state index contributed by atoms with van der Waals surface area (Å²) in [4.78, 5) is 19.8. The minimum Gasteiger partial charge on any atom is -0.483 e. The van der Waals surface area contributed by atoms with E-state index in [1.165, 1.54) is 0 Å². The fraction of sp³-hybridized carbons (Fsp3) is 0.391. The SMILES string of the molecule is Cc1nc2c3c(c(C(=O)N4CCC4)cc2n1C)CC[C@@H](c1ccccc1CO)O3. The van der Waals surface area contributed by atoms with Crippen LogP contribution in [-0.2, 0) is 20.1 Å². The Balaban J connectivity index is 1.65. The Labute approximate surface area is 169 Å². The highest BCUT2D eigenvalue weighted by Gasteiger charge is 2.32. The van der Waals surface area contributed by atoms with E-state index in [0.717, 1.165) is 77.2 Å². The number of ether oxygens (including phenoxy) is 1. The van der Waals surface area contributed by atoms with Gasteiger partial charge in [-0.15, -0.1) is 0 Å². The number of rotatable bonds is 3. The summed E-state index contributed by atoms with van der Waals surface area (Å²) in [6, 6.07) is 9.82. The molecule has 0 unspecified atom stereocenters. The molecule has 150 valence electrons. The first-order valence-corrected chi connectivity index (χ1v) is 10.2. The van der Waals surface area contributed by atoms with Crippen molar-refractivity contribution in [3.05, 3.63) is 58.4 Å². The number of hydrogen-bond donors (Lipinski definition) is 1. The number of imidazole rings is 1. The highest BCUT2D eigenvalue weighted by atomic mass is 16.5. The van der Waals surface area contributed by atoms with E-state index in [4.69, 9.17) is 9.72 Å². The van der Waals surface area contributed by atoms with E-state index in [1.807, 2.05) is 53.8 Å². The molecule has 2 aromatic carbocycles. The van der Waals surface area contributed by atoms with Gasteiger partial charge < -0.3 is 19.3 Å². The molecule has 2 aliphatic rings. The van der Waals surface area contributed by atoms with Crippen molar-refractivity contribution in [3.63, 3.8) is 0 Å². The van der Waals surface area contributed by atoms with Crippen molar-refractivity contribution in [2.45, 2.75) is 38.9 Å². The number of nitrogens with zero attached hydrogens (tertiary/aromatic N) is 3. The highest BCUT2D eigenvalue weighted by Crippen LogP contribution is 2.42. The van der Waals surface area contributed by atoms with E-state index in [-0.39, 0.29) is 18.6 Å². The Morgan fingerprint density at radius 1 is 1.31 bits per heavy atom. The summed E-state index contributed by atoms with van der Waals surface area (Å²) in [6.07, 6.45) is 2.42. The first-order valence-electron chi connectivity index (χ1n) is 10.2. The predicted molar refractivity (Wildman–Crippen MR) is 110 cm³/mol. The Morgan fingerprint density at radius 3 is 2.83 bits per heavy atom. The average Bonchev–Trinajstić information content (AvgIpc) is 3.00. The number of carbonyl (C=O) groups is 1. The van der Waals surface area contributed by atoms with E-state index in [0.29, 0.717) is 0 Å². The molecule has 1 N–H and O–H groups in total. The smallest absolute Gasteiger partial charge is 0.254 e. The van der Waals surface area contributed by atoms with Crippen LogP contribution in [0.25, 0.3) is 11.0 Å². The predicted octanol–water partition coefficient (Wildman–Crippen LogP) is 3.29. The van der Waals surface area contributed by atoms with Crippen LogP contribution in [-0.4, -0.2) is 38.6 Å². The molecule has 5 rings (SSSR count). The molecule has 6 heteroatoms. The molecule has 29 heavy (non-hydrogen) atoms. The van der Waals surface area contributed by atoms with Gasteiger partial charge in [0, 0.05) is 31.3 Å². The second kappa shape index (κ2) is 6.88. The normalized spacial score (nSPS) is 18.3. The van der Waals surface area contributed by atoms with Crippen LogP contribution in [0, 0.1) is 6.92 Å². The Morgan fingerprint density at radius 2 is 2.10 bits per heavy atom. The first-order chi connectivity index (χ1) is 14.1.